The van der Waals surface area contributed by atoms with E-state index in [0.717, 1.165) is 31.7 Å². The Hall–Kier alpha value is -0.940. The van der Waals surface area contributed by atoms with E-state index in [0.29, 0.717) is 18.4 Å². The lowest BCUT2D eigenvalue weighted by molar-refractivity contribution is -0.132. The number of nitrogens with one attached hydrogen (secondary N) is 1. The number of amides is 1. The second-order valence-electron chi connectivity index (χ2n) is 5.31. The van der Waals surface area contributed by atoms with Gasteiger partial charge in [-0.2, -0.15) is 0 Å². The molecule has 106 valence electrons. The van der Waals surface area contributed by atoms with E-state index in [-0.39, 0.29) is 5.91 Å². The number of carbonyl (C=O) groups is 1. The minimum Gasteiger partial charge on any atom is -0.342 e. The molecule has 2 atom stereocenters. The molecule has 0 aromatic carbocycles. The van der Waals surface area contributed by atoms with Crippen LogP contribution in [0.25, 0.3) is 0 Å². The van der Waals surface area contributed by atoms with Crippen molar-refractivity contribution < 1.29 is 4.79 Å². The molecule has 2 heterocycles. The molecule has 0 aliphatic carbocycles. The Kier molecular flexibility index (Phi) is 4.93. The molecular weight excluding hydrogens is 258 g/mol. The molecule has 19 heavy (non-hydrogen) atoms. The first-order valence-corrected chi connectivity index (χ1v) is 7.90. The van der Waals surface area contributed by atoms with Gasteiger partial charge in [0.2, 0.25) is 5.91 Å². The first-order chi connectivity index (χ1) is 9.11. The maximum Gasteiger partial charge on any atom is 0.222 e. The third-order valence-electron chi connectivity index (χ3n) is 3.93. The fourth-order valence-electron chi connectivity index (χ4n) is 2.62. The van der Waals surface area contributed by atoms with Crippen LogP contribution in [-0.4, -0.2) is 34.9 Å². The standard InChI is InChI=1S/C14H23N3OS/c1-4-14(18)17-6-5-12(10(2)8-17)15-7-13-11(3)16-9-19-13/h9-10,12,15H,4-8H2,1-3H3/t10-,12+/m0/s1. The summed E-state index contributed by atoms with van der Waals surface area (Å²) in [7, 11) is 0. The van der Waals surface area contributed by atoms with Gasteiger partial charge in [0.15, 0.2) is 0 Å². The predicted molar refractivity (Wildman–Crippen MR) is 78.1 cm³/mol. The van der Waals surface area contributed by atoms with Gasteiger partial charge in [0, 0.05) is 37.0 Å². The van der Waals surface area contributed by atoms with Crippen molar-refractivity contribution in [2.45, 2.75) is 46.2 Å². The minimum absolute atomic E-state index is 0.281. The van der Waals surface area contributed by atoms with Crippen molar-refractivity contribution in [3.63, 3.8) is 0 Å². The number of nitrogens with zero attached hydrogens (tertiary/aromatic N) is 2. The van der Waals surface area contributed by atoms with Gasteiger partial charge in [0.05, 0.1) is 11.2 Å². The summed E-state index contributed by atoms with van der Waals surface area (Å²) in [6, 6.07) is 0.502. The first kappa shape index (κ1) is 14.5. The van der Waals surface area contributed by atoms with E-state index >= 15 is 0 Å². The Morgan fingerprint density at radius 3 is 3.00 bits per heavy atom. The van der Waals surface area contributed by atoms with Crippen molar-refractivity contribution in [2.24, 2.45) is 5.92 Å². The lowest BCUT2D eigenvalue weighted by Crippen LogP contribution is -2.49. The first-order valence-electron chi connectivity index (χ1n) is 7.02. The number of aryl methyl sites for hydroxylation is 1. The summed E-state index contributed by atoms with van der Waals surface area (Å²) < 4.78 is 0. The van der Waals surface area contributed by atoms with Gasteiger partial charge in [-0.3, -0.25) is 4.79 Å². The largest absolute Gasteiger partial charge is 0.342 e. The number of carbonyl (C=O) groups excluding carboxylic acids is 1. The molecule has 1 amide bonds. The Morgan fingerprint density at radius 2 is 2.42 bits per heavy atom. The number of thiazole rings is 1. The summed E-state index contributed by atoms with van der Waals surface area (Å²) in [5.41, 5.74) is 3.03. The van der Waals surface area contributed by atoms with Crippen molar-refractivity contribution in [2.75, 3.05) is 13.1 Å². The molecule has 1 fully saturated rings. The van der Waals surface area contributed by atoms with Crippen molar-refractivity contribution in [1.29, 1.82) is 0 Å². The Morgan fingerprint density at radius 1 is 1.63 bits per heavy atom. The maximum atomic E-state index is 11.7. The molecule has 0 saturated carbocycles. The topological polar surface area (TPSA) is 45.2 Å². The fraction of sp³-hybridized carbons (Fsp3) is 0.714. The van der Waals surface area contributed by atoms with Crippen LogP contribution in [0.2, 0.25) is 0 Å². The summed E-state index contributed by atoms with van der Waals surface area (Å²) in [5.74, 6) is 0.793. The third kappa shape index (κ3) is 3.54. The molecule has 1 aromatic heterocycles. The van der Waals surface area contributed by atoms with Gasteiger partial charge in [0.1, 0.15) is 0 Å². The van der Waals surface area contributed by atoms with Gasteiger partial charge in [-0.05, 0) is 19.3 Å². The molecule has 4 nitrogen and oxygen atoms in total. The van der Waals surface area contributed by atoms with Gasteiger partial charge in [0.25, 0.3) is 0 Å². The van der Waals surface area contributed by atoms with Crippen LogP contribution in [0.4, 0.5) is 0 Å². The van der Waals surface area contributed by atoms with E-state index in [9.17, 15) is 4.79 Å². The Labute approximate surface area is 119 Å². The predicted octanol–water partition coefficient (Wildman–Crippen LogP) is 2.19. The normalized spacial score (nSPS) is 23.6. The number of hydrogen-bond donors (Lipinski definition) is 1. The SMILES string of the molecule is CCC(=O)N1CC[C@@H](NCc2scnc2C)[C@@H](C)C1. The molecule has 0 spiro atoms. The molecule has 1 aromatic rings. The maximum absolute atomic E-state index is 11.7. The van der Waals surface area contributed by atoms with E-state index in [1.807, 2.05) is 17.3 Å². The highest BCUT2D eigenvalue weighted by Crippen LogP contribution is 2.19. The number of piperidine rings is 1. The minimum atomic E-state index is 0.281. The third-order valence-corrected chi connectivity index (χ3v) is 4.87. The zero-order chi connectivity index (χ0) is 13.8. The van der Waals surface area contributed by atoms with E-state index in [4.69, 9.17) is 0 Å². The fourth-order valence-corrected chi connectivity index (χ4v) is 3.35. The summed E-state index contributed by atoms with van der Waals surface area (Å²) >= 11 is 1.71. The molecule has 0 radical (unpaired) electrons. The molecule has 1 saturated heterocycles. The Balaban J connectivity index is 1.83. The van der Waals surface area contributed by atoms with Gasteiger partial charge in [-0.25, -0.2) is 4.98 Å². The Bertz CT molecular complexity index is 432. The van der Waals surface area contributed by atoms with Gasteiger partial charge in [-0.1, -0.05) is 13.8 Å². The van der Waals surface area contributed by atoms with Crippen LogP contribution in [0.1, 0.15) is 37.3 Å². The van der Waals surface area contributed by atoms with Crippen LogP contribution in [0, 0.1) is 12.8 Å². The van der Waals surface area contributed by atoms with Crippen LogP contribution < -0.4 is 5.32 Å². The van der Waals surface area contributed by atoms with Gasteiger partial charge >= 0.3 is 0 Å². The van der Waals surface area contributed by atoms with Gasteiger partial charge in [-0.15, -0.1) is 11.3 Å². The zero-order valence-electron chi connectivity index (χ0n) is 12.0. The smallest absolute Gasteiger partial charge is 0.222 e. The molecule has 0 unspecified atom stereocenters. The summed E-state index contributed by atoms with van der Waals surface area (Å²) in [6.45, 7) is 8.88. The lowest BCUT2D eigenvalue weighted by atomic mass is 9.93. The monoisotopic (exact) mass is 281 g/mol. The zero-order valence-corrected chi connectivity index (χ0v) is 12.8. The molecule has 0 bridgehead atoms. The van der Waals surface area contributed by atoms with Crippen LogP contribution in [0.5, 0.6) is 0 Å². The van der Waals surface area contributed by atoms with Crippen LogP contribution >= 0.6 is 11.3 Å². The second-order valence-corrected chi connectivity index (χ2v) is 6.25. The van der Waals surface area contributed by atoms with E-state index < -0.39 is 0 Å². The molecule has 2 rings (SSSR count). The number of likely N-dealkylation sites (tertiary alicyclic amines) is 1. The second kappa shape index (κ2) is 6.48. The van der Waals surface area contributed by atoms with E-state index in [1.54, 1.807) is 11.3 Å². The van der Waals surface area contributed by atoms with Crippen molar-refractivity contribution in [3.05, 3.63) is 16.1 Å². The summed E-state index contributed by atoms with van der Waals surface area (Å²) in [5, 5.41) is 3.62. The average Bonchev–Trinajstić information content (AvgIpc) is 2.82. The molecule has 1 N–H and O–H groups in total. The van der Waals surface area contributed by atoms with Gasteiger partial charge < -0.3 is 10.2 Å². The van der Waals surface area contributed by atoms with Crippen LogP contribution in [0.15, 0.2) is 5.51 Å². The molecule has 1 aliphatic heterocycles. The quantitative estimate of drug-likeness (QED) is 0.920. The summed E-state index contributed by atoms with van der Waals surface area (Å²) in [6.07, 6.45) is 1.66. The number of hydrogen-bond acceptors (Lipinski definition) is 4. The highest BCUT2D eigenvalue weighted by Gasteiger charge is 2.27. The van der Waals surface area contributed by atoms with Crippen molar-refractivity contribution in [3.8, 4) is 0 Å². The van der Waals surface area contributed by atoms with Crippen molar-refractivity contribution in [1.82, 2.24) is 15.2 Å². The number of aromatic nitrogens is 1. The van der Waals surface area contributed by atoms with E-state index in [2.05, 4.69) is 24.1 Å². The average molecular weight is 281 g/mol. The van der Waals surface area contributed by atoms with Crippen molar-refractivity contribution >= 4 is 17.2 Å². The summed E-state index contributed by atoms with van der Waals surface area (Å²) in [4.78, 5) is 19.3. The number of rotatable bonds is 4. The molecular formula is C14H23N3OS. The van der Waals surface area contributed by atoms with Crippen LogP contribution in [0.3, 0.4) is 0 Å². The van der Waals surface area contributed by atoms with E-state index in [1.165, 1.54) is 4.88 Å². The highest BCUT2D eigenvalue weighted by atomic mass is 32.1. The lowest BCUT2D eigenvalue weighted by Gasteiger charge is -2.37. The molecule has 5 heteroatoms. The highest BCUT2D eigenvalue weighted by molar-refractivity contribution is 7.09. The molecule has 1 aliphatic rings. The van der Waals surface area contributed by atoms with Crippen LogP contribution in [-0.2, 0) is 11.3 Å².